The highest BCUT2D eigenvalue weighted by Crippen LogP contribution is 2.32. The Bertz CT molecular complexity index is 1310. The number of benzene rings is 4. The fourth-order valence-electron chi connectivity index (χ4n) is 4.13. The van der Waals surface area contributed by atoms with Crippen molar-refractivity contribution >= 4 is 33.2 Å². The van der Waals surface area contributed by atoms with E-state index in [4.69, 9.17) is 4.74 Å². The molecule has 0 atom stereocenters. The molecule has 0 unspecified atom stereocenters. The number of hydrogen-bond acceptors (Lipinski definition) is 3. The molecule has 148 valence electrons. The molecule has 30 heavy (non-hydrogen) atoms. The second-order valence-electron chi connectivity index (χ2n) is 7.68. The van der Waals surface area contributed by atoms with Gasteiger partial charge in [-0.05, 0) is 82.3 Å². The van der Waals surface area contributed by atoms with E-state index in [0.29, 0.717) is 5.75 Å². The SMILES string of the molecule is CC(=NNC(=O)COc1ccc2ccccc2c1)c1cc2c3c(cccc3c1)CC2. The average Bonchev–Trinajstić information content (AvgIpc) is 3.20. The molecule has 0 spiro atoms. The fraction of sp³-hybridized carbons (Fsp3) is 0.154. The molecule has 0 saturated carbocycles. The normalized spacial score (nSPS) is 13.0. The highest BCUT2D eigenvalue weighted by atomic mass is 16.5. The molecule has 1 aliphatic rings. The number of fused-ring (bicyclic) bond motifs is 1. The first kappa shape index (κ1) is 18.4. The Labute approximate surface area is 175 Å². The molecule has 0 aliphatic heterocycles. The van der Waals surface area contributed by atoms with Crippen LogP contribution in [-0.2, 0) is 17.6 Å². The van der Waals surface area contributed by atoms with Crippen molar-refractivity contribution in [3.8, 4) is 5.75 Å². The maximum atomic E-state index is 12.2. The molecule has 5 rings (SSSR count). The molecule has 4 nitrogen and oxygen atoms in total. The van der Waals surface area contributed by atoms with E-state index in [0.717, 1.165) is 34.9 Å². The summed E-state index contributed by atoms with van der Waals surface area (Å²) in [5.41, 5.74) is 7.21. The zero-order valence-electron chi connectivity index (χ0n) is 16.8. The molecular weight excluding hydrogens is 372 g/mol. The molecule has 0 fully saturated rings. The lowest BCUT2D eigenvalue weighted by molar-refractivity contribution is -0.123. The minimum Gasteiger partial charge on any atom is -0.484 e. The Morgan fingerprint density at radius 1 is 0.900 bits per heavy atom. The average molecular weight is 394 g/mol. The van der Waals surface area contributed by atoms with Crippen molar-refractivity contribution in [1.29, 1.82) is 0 Å². The highest BCUT2D eigenvalue weighted by Gasteiger charge is 2.15. The number of nitrogens with one attached hydrogen (secondary N) is 1. The van der Waals surface area contributed by atoms with E-state index in [2.05, 4.69) is 40.9 Å². The highest BCUT2D eigenvalue weighted by molar-refractivity contribution is 6.04. The first-order valence-corrected chi connectivity index (χ1v) is 10.2. The van der Waals surface area contributed by atoms with Crippen LogP contribution in [-0.4, -0.2) is 18.2 Å². The number of rotatable bonds is 5. The van der Waals surface area contributed by atoms with Gasteiger partial charge in [-0.25, -0.2) is 5.43 Å². The second-order valence-corrected chi connectivity index (χ2v) is 7.68. The molecule has 4 heteroatoms. The monoisotopic (exact) mass is 394 g/mol. The largest absolute Gasteiger partial charge is 0.484 e. The molecule has 0 aromatic heterocycles. The van der Waals surface area contributed by atoms with Gasteiger partial charge in [0.15, 0.2) is 6.61 Å². The van der Waals surface area contributed by atoms with E-state index >= 15 is 0 Å². The third kappa shape index (κ3) is 3.52. The molecule has 1 aliphatic carbocycles. The third-order valence-corrected chi connectivity index (χ3v) is 5.67. The number of carbonyl (C=O) groups is 1. The van der Waals surface area contributed by atoms with Crippen LogP contribution in [0, 0.1) is 0 Å². The lowest BCUT2D eigenvalue weighted by atomic mass is 10.00. The lowest BCUT2D eigenvalue weighted by Gasteiger charge is -2.08. The van der Waals surface area contributed by atoms with Gasteiger partial charge < -0.3 is 4.74 Å². The quantitative estimate of drug-likeness (QED) is 0.382. The van der Waals surface area contributed by atoms with E-state index in [1.807, 2.05) is 49.4 Å². The van der Waals surface area contributed by atoms with Gasteiger partial charge in [-0.1, -0.05) is 48.5 Å². The van der Waals surface area contributed by atoms with Crippen molar-refractivity contribution in [2.45, 2.75) is 19.8 Å². The summed E-state index contributed by atoms with van der Waals surface area (Å²) in [4.78, 5) is 12.2. The van der Waals surface area contributed by atoms with Crippen molar-refractivity contribution in [3.05, 3.63) is 89.5 Å². The third-order valence-electron chi connectivity index (χ3n) is 5.67. The molecule has 0 bridgehead atoms. The maximum Gasteiger partial charge on any atom is 0.277 e. The van der Waals surface area contributed by atoms with Gasteiger partial charge >= 0.3 is 0 Å². The van der Waals surface area contributed by atoms with Crippen molar-refractivity contribution in [2.24, 2.45) is 5.10 Å². The Morgan fingerprint density at radius 3 is 2.60 bits per heavy atom. The minimum atomic E-state index is -0.282. The number of nitrogens with zero attached hydrogens (tertiary/aromatic N) is 1. The molecular formula is C26H22N2O2. The van der Waals surface area contributed by atoms with Crippen LogP contribution in [0.15, 0.2) is 77.9 Å². The second kappa shape index (κ2) is 7.64. The van der Waals surface area contributed by atoms with E-state index < -0.39 is 0 Å². The van der Waals surface area contributed by atoms with Gasteiger partial charge in [0.2, 0.25) is 0 Å². The number of hydrogen-bond donors (Lipinski definition) is 1. The lowest BCUT2D eigenvalue weighted by Crippen LogP contribution is -2.25. The molecule has 4 aromatic rings. The van der Waals surface area contributed by atoms with Crippen molar-refractivity contribution in [3.63, 3.8) is 0 Å². The summed E-state index contributed by atoms with van der Waals surface area (Å²) in [5, 5.41) is 9.12. The van der Waals surface area contributed by atoms with E-state index in [-0.39, 0.29) is 12.5 Å². The van der Waals surface area contributed by atoms with Gasteiger partial charge in [-0.15, -0.1) is 0 Å². The first-order valence-electron chi connectivity index (χ1n) is 10.2. The molecule has 1 N–H and O–H groups in total. The summed E-state index contributed by atoms with van der Waals surface area (Å²) in [5.74, 6) is 0.382. The first-order chi connectivity index (χ1) is 14.7. The summed E-state index contributed by atoms with van der Waals surface area (Å²) < 4.78 is 5.63. The predicted molar refractivity (Wildman–Crippen MR) is 121 cm³/mol. The van der Waals surface area contributed by atoms with Gasteiger partial charge in [-0.3, -0.25) is 4.79 Å². The van der Waals surface area contributed by atoms with Crippen LogP contribution in [0.2, 0.25) is 0 Å². The molecule has 0 heterocycles. The van der Waals surface area contributed by atoms with Gasteiger partial charge in [0.05, 0.1) is 5.71 Å². The minimum absolute atomic E-state index is 0.0819. The topological polar surface area (TPSA) is 50.7 Å². The van der Waals surface area contributed by atoms with E-state index in [1.54, 1.807) is 0 Å². The zero-order chi connectivity index (χ0) is 20.5. The van der Waals surface area contributed by atoms with E-state index in [1.165, 1.54) is 21.9 Å². The summed E-state index contributed by atoms with van der Waals surface area (Å²) in [6, 6.07) is 24.6. The van der Waals surface area contributed by atoms with Crippen LogP contribution in [0.5, 0.6) is 5.75 Å². The van der Waals surface area contributed by atoms with Crippen LogP contribution >= 0.6 is 0 Å². The van der Waals surface area contributed by atoms with Gasteiger partial charge in [-0.2, -0.15) is 5.10 Å². The van der Waals surface area contributed by atoms with Crippen LogP contribution in [0.4, 0.5) is 0 Å². The Balaban J connectivity index is 1.26. The summed E-state index contributed by atoms with van der Waals surface area (Å²) >= 11 is 0. The zero-order valence-corrected chi connectivity index (χ0v) is 16.8. The fourth-order valence-corrected chi connectivity index (χ4v) is 4.13. The summed E-state index contributed by atoms with van der Waals surface area (Å²) in [6.45, 7) is 1.83. The van der Waals surface area contributed by atoms with Crippen molar-refractivity contribution in [1.82, 2.24) is 5.43 Å². The van der Waals surface area contributed by atoms with Crippen LogP contribution in [0.25, 0.3) is 21.5 Å². The number of amides is 1. The molecule has 0 radical (unpaired) electrons. The molecule has 0 saturated heterocycles. The standard InChI is InChI=1S/C26H22N2O2/c1-17(23-13-21-8-4-7-19-9-10-22(14-23)26(19)21)27-28-25(29)16-30-24-12-11-18-5-2-3-6-20(18)15-24/h2-8,11-15H,9-10,16H2,1H3,(H,28,29). The van der Waals surface area contributed by atoms with Crippen LogP contribution < -0.4 is 10.2 Å². The van der Waals surface area contributed by atoms with E-state index in [9.17, 15) is 4.79 Å². The number of ether oxygens (including phenoxy) is 1. The maximum absolute atomic E-state index is 12.2. The Hall–Kier alpha value is -3.66. The Morgan fingerprint density at radius 2 is 1.70 bits per heavy atom. The number of carbonyl (C=O) groups excluding carboxylic acids is 1. The summed E-state index contributed by atoms with van der Waals surface area (Å²) in [7, 11) is 0. The number of aryl methyl sites for hydroxylation is 2. The summed E-state index contributed by atoms with van der Waals surface area (Å²) in [6.07, 6.45) is 2.15. The molecule has 1 amide bonds. The van der Waals surface area contributed by atoms with Gasteiger partial charge in [0.25, 0.3) is 5.91 Å². The van der Waals surface area contributed by atoms with Gasteiger partial charge in [0.1, 0.15) is 5.75 Å². The van der Waals surface area contributed by atoms with Crippen LogP contribution in [0.3, 0.4) is 0 Å². The van der Waals surface area contributed by atoms with Crippen LogP contribution in [0.1, 0.15) is 23.6 Å². The predicted octanol–water partition coefficient (Wildman–Crippen LogP) is 5.01. The number of hydrazone groups is 1. The van der Waals surface area contributed by atoms with Crippen molar-refractivity contribution < 1.29 is 9.53 Å². The van der Waals surface area contributed by atoms with Gasteiger partial charge in [0, 0.05) is 0 Å². The Kier molecular flexibility index (Phi) is 4.68. The van der Waals surface area contributed by atoms with Crippen molar-refractivity contribution in [2.75, 3.05) is 6.61 Å². The smallest absolute Gasteiger partial charge is 0.277 e. The molecule has 4 aromatic carbocycles.